The summed E-state index contributed by atoms with van der Waals surface area (Å²) in [6, 6.07) is 20.0. The van der Waals surface area contributed by atoms with Gasteiger partial charge in [0, 0.05) is 0 Å². The number of ether oxygens (including phenoxy) is 1. The van der Waals surface area contributed by atoms with Gasteiger partial charge in [0.1, 0.15) is 12.4 Å². The van der Waals surface area contributed by atoms with Crippen LogP contribution in [0.4, 0.5) is 5.69 Å². The van der Waals surface area contributed by atoms with Gasteiger partial charge in [0.25, 0.3) is 5.91 Å². The van der Waals surface area contributed by atoms with Crippen LogP contribution in [0, 0.1) is 13.8 Å². The molecule has 4 rings (SSSR count). The van der Waals surface area contributed by atoms with Gasteiger partial charge in [-0.05, 0) is 110 Å². The summed E-state index contributed by atoms with van der Waals surface area (Å²) in [5.74, 6) is 0.561. The average molecular weight is 572 g/mol. The first-order valence-electron chi connectivity index (χ1n) is 9.91. The molecule has 0 aromatic heterocycles. The van der Waals surface area contributed by atoms with Crippen LogP contribution in [-0.4, -0.2) is 11.1 Å². The number of thioether (sulfide) groups is 1. The summed E-state index contributed by atoms with van der Waals surface area (Å²) in [4.78, 5) is 17.7. The quantitative estimate of drug-likeness (QED) is 0.327. The molecule has 1 amide bonds. The van der Waals surface area contributed by atoms with Crippen molar-refractivity contribution in [2.45, 2.75) is 20.5 Å². The second kappa shape index (κ2) is 10.1. The zero-order chi connectivity index (χ0) is 22.7. The van der Waals surface area contributed by atoms with Crippen molar-refractivity contribution in [1.82, 2.24) is 5.32 Å². The lowest BCUT2D eigenvalue weighted by Gasteiger charge is -2.11. The zero-order valence-electron chi connectivity index (χ0n) is 17.5. The van der Waals surface area contributed by atoms with Gasteiger partial charge in [-0.2, -0.15) is 0 Å². The number of hydrogen-bond donors (Lipinski definition) is 1. The molecule has 1 N–H and O–H groups in total. The summed E-state index contributed by atoms with van der Waals surface area (Å²) in [6.07, 6.45) is 1.85. The second-order valence-corrected chi connectivity index (χ2v) is 10.2. The molecule has 1 aliphatic heterocycles. The average Bonchev–Trinajstić information content (AvgIpc) is 3.06. The molecule has 1 heterocycles. The predicted octanol–water partition coefficient (Wildman–Crippen LogP) is 7.30. The van der Waals surface area contributed by atoms with Gasteiger partial charge in [0.05, 0.1) is 19.5 Å². The lowest BCUT2D eigenvalue weighted by atomic mass is 10.1. The van der Waals surface area contributed by atoms with Gasteiger partial charge >= 0.3 is 0 Å². The summed E-state index contributed by atoms with van der Waals surface area (Å²) in [5, 5.41) is 3.42. The van der Waals surface area contributed by atoms with Gasteiger partial charge in [-0.25, -0.2) is 4.99 Å². The molecule has 4 nitrogen and oxygen atoms in total. The van der Waals surface area contributed by atoms with Crippen LogP contribution in [0.1, 0.15) is 22.3 Å². The standard InChI is InChI=1S/C25H20Br2N2O2S/c1-15-8-16(2)10-19(9-15)28-25-29-24(30)22(32-25)13-18-11-20(26)23(21(27)12-18)31-14-17-6-4-3-5-7-17/h3-13H,14H2,1-2H3,(H,28,29,30)/b22-13-. The normalized spacial score (nSPS) is 15.9. The first-order chi connectivity index (χ1) is 15.4. The van der Waals surface area contributed by atoms with E-state index in [1.165, 1.54) is 11.8 Å². The number of carbonyl (C=O) groups is 1. The van der Waals surface area contributed by atoms with Crippen LogP contribution in [0.15, 0.2) is 79.5 Å². The molecule has 0 unspecified atom stereocenters. The third-order valence-electron chi connectivity index (χ3n) is 4.63. The molecule has 1 fully saturated rings. The smallest absolute Gasteiger partial charge is 0.264 e. The van der Waals surface area contributed by atoms with Gasteiger partial charge in [0.2, 0.25) is 0 Å². The first-order valence-corrected chi connectivity index (χ1v) is 12.3. The van der Waals surface area contributed by atoms with Crippen molar-refractivity contribution in [1.29, 1.82) is 0 Å². The van der Waals surface area contributed by atoms with Crippen molar-refractivity contribution in [3.63, 3.8) is 0 Å². The molecule has 3 aromatic carbocycles. The molecular formula is C25H20Br2N2O2S. The Morgan fingerprint density at radius 1 is 1.00 bits per heavy atom. The van der Waals surface area contributed by atoms with Gasteiger partial charge in [-0.1, -0.05) is 36.4 Å². The van der Waals surface area contributed by atoms with Gasteiger partial charge in [0.15, 0.2) is 5.17 Å². The van der Waals surface area contributed by atoms with Crippen LogP contribution in [0.2, 0.25) is 0 Å². The van der Waals surface area contributed by atoms with Crippen LogP contribution in [0.3, 0.4) is 0 Å². The van der Waals surface area contributed by atoms with Crippen molar-refractivity contribution < 1.29 is 9.53 Å². The maximum absolute atomic E-state index is 12.5. The minimum absolute atomic E-state index is 0.158. The molecule has 3 aromatic rings. The van der Waals surface area contributed by atoms with Crippen LogP contribution in [-0.2, 0) is 11.4 Å². The summed E-state index contributed by atoms with van der Waals surface area (Å²) >= 11 is 8.51. The van der Waals surface area contributed by atoms with Crippen molar-refractivity contribution in [2.75, 3.05) is 0 Å². The molecule has 1 aliphatic rings. The fourth-order valence-corrected chi connectivity index (χ4v) is 5.59. The number of rotatable bonds is 5. The van der Waals surface area contributed by atoms with Gasteiger partial charge in [-0.3, -0.25) is 4.79 Å². The molecular weight excluding hydrogens is 552 g/mol. The number of amidine groups is 1. The molecule has 7 heteroatoms. The topological polar surface area (TPSA) is 50.7 Å². The minimum atomic E-state index is -0.158. The van der Waals surface area contributed by atoms with Gasteiger partial charge < -0.3 is 10.1 Å². The van der Waals surface area contributed by atoms with E-state index in [2.05, 4.69) is 48.2 Å². The number of hydrogen-bond acceptors (Lipinski definition) is 4. The fraction of sp³-hybridized carbons (Fsp3) is 0.120. The number of amides is 1. The Balaban J connectivity index is 1.52. The predicted molar refractivity (Wildman–Crippen MR) is 139 cm³/mol. The lowest BCUT2D eigenvalue weighted by molar-refractivity contribution is -0.115. The Labute approximate surface area is 208 Å². The number of halogens is 2. The highest BCUT2D eigenvalue weighted by Crippen LogP contribution is 2.37. The highest BCUT2D eigenvalue weighted by molar-refractivity contribution is 9.11. The number of aliphatic imine (C=N–C) groups is 1. The van der Waals surface area contributed by atoms with Crippen molar-refractivity contribution >= 4 is 66.5 Å². The van der Waals surface area contributed by atoms with E-state index in [0.717, 1.165) is 42.6 Å². The third-order valence-corrected chi connectivity index (χ3v) is 6.72. The summed E-state index contributed by atoms with van der Waals surface area (Å²) in [7, 11) is 0. The monoisotopic (exact) mass is 570 g/mol. The van der Waals surface area contributed by atoms with Crippen molar-refractivity contribution in [3.05, 3.63) is 96.8 Å². The maximum atomic E-state index is 12.5. The number of nitrogens with one attached hydrogen (secondary N) is 1. The van der Waals surface area contributed by atoms with E-state index in [1.54, 1.807) is 0 Å². The number of benzene rings is 3. The Morgan fingerprint density at radius 3 is 2.31 bits per heavy atom. The Morgan fingerprint density at radius 2 is 1.66 bits per heavy atom. The molecule has 1 saturated heterocycles. The van der Waals surface area contributed by atoms with E-state index >= 15 is 0 Å². The van der Waals surface area contributed by atoms with Gasteiger partial charge in [-0.15, -0.1) is 0 Å². The van der Waals surface area contributed by atoms with Crippen molar-refractivity contribution in [2.24, 2.45) is 4.99 Å². The first kappa shape index (κ1) is 22.8. The molecule has 0 saturated carbocycles. The summed E-state index contributed by atoms with van der Waals surface area (Å²) < 4.78 is 7.60. The molecule has 0 atom stereocenters. The summed E-state index contributed by atoms with van der Waals surface area (Å²) in [5.41, 5.74) is 5.07. The molecule has 32 heavy (non-hydrogen) atoms. The Hall–Kier alpha value is -2.35. The van der Waals surface area contributed by atoms with Crippen LogP contribution in [0.25, 0.3) is 6.08 Å². The fourth-order valence-electron chi connectivity index (χ4n) is 3.29. The third kappa shape index (κ3) is 5.71. The highest BCUT2D eigenvalue weighted by atomic mass is 79.9. The second-order valence-electron chi connectivity index (χ2n) is 7.42. The molecule has 0 aliphatic carbocycles. The van der Waals surface area contributed by atoms with E-state index in [4.69, 9.17) is 4.74 Å². The lowest BCUT2D eigenvalue weighted by Crippen LogP contribution is -2.19. The van der Waals surface area contributed by atoms with E-state index in [1.807, 2.05) is 74.5 Å². The summed E-state index contributed by atoms with van der Waals surface area (Å²) in [6.45, 7) is 4.53. The largest absolute Gasteiger partial charge is 0.487 e. The minimum Gasteiger partial charge on any atom is -0.487 e. The van der Waals surface area contributed by atoms with Crippen LogP contribution < -0.4 is 10.1 Å². The number of aryl methyl sites for hydroxylation is 2. The van der Waals surface area contributed by atoms with E-state index < -0.39 is 0 Å². The molecule has 0 radical (unpaired) electrons. The number of carbonyl (C=O) groups excluding carboxylic acids is 1. The van der Waals surface area contributed by atoms with Crippen LogP contribution >= 0.6 is 43.6 Å². The van der Waals surface area contributed by atoms with E-state index in [9.17, 15) is 4.79 Å². The maximum Gasteiger partial charge on any atom is 0.264 e. The Kier molecular flexibility index (Phi) is 7.18. The van der Waals surface area contributed by atoms with Crippen molar-refractivity contribution in [3.8, 4) is 5.75 Å². The molecule has 162 valence electrons. The zero-order valence-corrected chi connectivity index (χ0v) is 21.5. The SMILES string of the molecule is Cc1cc(C)cc(N=C2NC(=O)/C(=C/c3cc(Br)c(OCc4ccccc4)c(Br)c3)S2)c1. The highest BCUT2D eigenvalue weighted by Gasteiger charge is 2.24. The number of nitrogens with zero attached hydrogens (tertiary/aromatic N) is 1. The van der Waals surface area contributed by atoms with Crippen LogP contribution in [0.5, 0.6) is 5.75 Å². The Bertz CT molecular complexity index is 1200. The van der Waals surface area contributed by atoms with E-state index in [0.29, 0.717) is 16.7 Å². The molecule has 0 spiro atoms. The van der Waals surface area contributed by atoms with E-state index in [-0.39, 0.29) is 5.91 Å². The molecule has 0 bridgehead atoms.